The van der Waals surface area contributed by atoms with Gasteiger partial charge in [-0.1, -0.05) is 18.2 Å². The summed E-state index contributed by atoms with van der Waals surface area (Å²) in [6.45, 7) is 0.642. The average Bonchev–Trinajstić information content (AvgIpc) is 3.17. The molecule has 3 rings (SSSR count). The first-order chi connectivity index (χ1) is 11.1. The first-order valence-corrected chi connectivity index (χ1v) is 7.74. The number of carboxylic acids is 1. The molecule has 0 spiro atoms. The Morgan fingerprint density at radius 2 is 2.04 bits per heavy atom. The molecule has 1 aliphatic rings. The summed E-state index contributed by atoms with van der Waals surface area (Å²) in [6, 6.07) is 9.52. The summed E-state index contributed by atoms with van der Waals surface area (Å²) in [7, 11) is 0. The highest BCUT2D eigenvalue weighted by Crippen LogP contribution is 2.21. The fraction of sp³-hybridized carbons (Fsp3) is 0.353. The zero-order valence-corrected chi connectivity index (χ0v) is 12.8. The zero-order valence-electron chi connectivity index (χ0n) is 12.8. The molecule has 23 heavy (non-hydrogen) atoms. The standard InChI is InChI=1S/C17H19N3O3/c21-16(19-8-4-7-15(19)10-17(22)23)9-13-11-18-20(12-13)14-5-2-1-3-6-14/h1-3,5-6,11-12,15H,4,7-10H2,(H,22,23). The second-order valence-electron chi connectivity index (χ2n) is 5.79. The summed E-state index contributed by atoms with van der Waals surface area (Å²) in [5.41, 5.74) is 1.77. The second-order valence-corrected chi connectivity index (χ2v) is 5.79. The summed E-state index contributed by atoms with van der Waals surface area (Å²) in [5.74, 6) is -0.882. The van der Waals surface area contributed by atoms with Gasteiger partial charge >= 0.3 is 5.97 Å². The fourth-order valence-electron chi connectivity index (χ4n) is 3.03. The van der Waals surface area contributed by atoms with Crippen LogP contribution in [-0.4, -0.2) is 44.3 Å². The molecule has 1 N–H and O–H groups in total. The highest BCUT2D eigenvalue weighted by Gasteiger charge is 2.30. The van der Waals surface area contributed by atoms with E-state index in [0.717, 1.165) is 24.1 Å². The van der Waals surface area contributed by atoms with Crippen LogP contribution in [0.1, 0.15) is 24.8 Å². The number of amides is 1. The molecule has 6 nitrogen and oxygen atoms in total. The van der Waals surface area contributed by atoms with Gasteiger partial charge in [-0.25, -0.2) is 4.68 Å². The van der Waals surface area contributed by atoms with Gasteiger partial charge in [0.05, 0.1) is 24.7 Å². The van der Waals surface area contributed by atoms with Crippen LogP contribution in [-0.2, 0) is 16.0 Å². The van der Waals surface area contributed by atoms with E-state index >= 15 is 0 Å². The maximum Gasteiger partial charge on any atom is 0.305 e. The third kappa shape index (κ3) is 3.59. The van der Waals surface area contributed by atoms with Crippen molar-refractivity contribution in [2.24, 2.45) is 0 Å². The molecule has 0 bridgehead atoms. The van der Waals surface area contributed by atoms with Crippen LogP contribution in [0.5, 0.6) is 0 Å². The van der Waals surface area contributed by atoms with E-state index in [-0.39, 0.29) is 24.8 Å². The smallest absolute Gasteiger partial charge is 0.305 e. The number of benzene rings is 1. The first-order valence-electron chi connectivity index (χ1n) is 7.74. The van der Waals surface area contributed by atoms with Crippen molar-refractivity contribution in [3.63, 3.8) is 0 Å². The lowest BCUT2D eigenvalue weighted by atomic mass is 10.1. The topological polar surface area (TPSA) is 75.4 Å². The zero-order chi connectivity index (χ0) is 16.2. The summed E-state index contributed by atoms with van der Waals surface area (Å²) < 4.78 is 1.74. The van der Waals surface area contributed by atoms with E-state index in [9.17, 15) is 9.59 Å². The third-order valence-corrected chi connectivity index (χ3v) is 4.12. The molecule has 0 radical (unpaired) electrons. The van der Waals surface area contributed by atoms with Crippen LogP contribution in [0.4, 0.5) is 0 Å². The van der Waals surface area contributed by atoms with Crippen molar-refractivity contribution >= 4 is 11.9 Å². The van der Waals surface area contributed by atoms with Crippen molar-refractivity contribution in [2.45, 2.75) is 31.7 Å². The molecule has 1 fully saturated rings. The average molecular weight is 313 g/mol. The van der Waals surface area contributed by atoms with Gasteiger partial charge in [-0.05, 0) is 30.5 Å². The van der Waals surface area contributed by atoms with Crippen molar-refractivity contribution in [3.8, 4) is 5.69 Å². The van der Waals surface area contributed by atoms with Gasteiger partial charge in [-0.15, -0.1) is 0 Å². The second kappa shape index (κ2) is 6.64. The van der Waals surface area contributed by atoms with E-state index in [2.05, 4.69) is 5.10 Å². The Morgan fingerprint density at radius 3 is 2.78 bits per heavy atom. The predicted molar refractivity (Wildman–Crippen MR) is 84.3 cm³/mol. The minimum Gasteiger partial charge on any atom is -0.481 e. The van der Waals surface area contributed by atoms with Crippen molar-refractivity contribution in [1.82, 2.24) is 14.7 Å². The van der Waals surface area contributed by atoms with Crippen LogP contribution in [0.2, 0.25) is 0 Å². The van der Waals surface area contributed by atoms with E-state index < -0.39 is 5.97 Å². The van der Waals surface area contributed by atoms with Crippen molar-refractivity contribution in [2.75, 3.05) is 6.54 Å². The molecule has 6 heteroatoms. The maximum absolute atomic E-state index is 12.4. The molecule has 0 saturated carbocycles. The number of para-hydroxylation sites is 1. The number of rotatable bonds is 5. The molecule has 2 heterocycles. The number of carbonyl (C=O) groups excluding carboxylic acids is 1. The minimum atomic E-state index is -0.855. The Balaban J connectivity index is 1.66. The highest BCUT2D eigenvalue weighted by atomic mass is 16.4. The lowest BCUT2D eigenvalue weighted by Crippen LogP contribution is -2.37. The van der Waals surface area contributed by atoms with Crippen LogP contribution < -0.4 is 0 Å². The molecule has 2 aromatic rings. The monoisotopic (exact) mass is 313 g/mol. The number of carboxylic acid groups (broad SMARTS) is 1. The van der Waals surface area contributed by atoms with Crippen molar-refractivity contribution in [3.05, 3.63) is 48.3 Å². The summed E-state index contributed by atoms with van der Waals surface area (Å²) in [4.78, 5) is 25.0. The first kappa shape index (κ1) is 15.3. The Labute approximate surface area is 134 Å². The van der Waals surface area contributed by atoms with E-state index in [1.807, 2.05) is 36.5 Å². The number of hydrogen-bond acceptors (Lipinski definition) is 3. The Morgan fingerprint density at radius 1 is 1.26 bits per heavy atom. The summed E-state index contributed by atoms with van der Waals surface area (Å²) >= 11 is 0. The van der Waals surface area contributed by atoms with E-state index in [0.29, 0.717) is 6.54 Å². The van der Waals surface area contributed by atoms with Gasteiger partial charge < -0.3 is 10.0 Å². The highest BCUT2D eigenvalue weighted by molar-refractivity contribution is 5.80. The number of carbonyl (C=O) groups is 2. The lowest BCUT2D eigenvalue weighted by Gasteiger charge is -2.23. The van der Waals surface area contributed by atoms with Gasteiger partial charge in [0.25, 0.3) is 0 Å². The van der Waals surface area contributed by atoms with Crippen molar-refractivity contribution < 1.29 is 14.7 Å². The molecule has 1 amide bonds. The number of aromatic nitrogens is 2. The van der Waals surface area contributed by atoms with Gasteiger partial charge in [0, 0.05) is 18.8 Å². The largest absolute Gasteiger partial charge is 0.481 e. The van der Waals surface area contributed by atoms with Crippen LogP contribution in [0.3, 0.4) is 0 Å². The van der Waals surface area contributed by atoms with Gasteiger partial charge in [0.2, 0.25) is 5.91 Å². The fourth-order valence-corrected chi connectivity index (χ4v) is 3.03. The lowest BCUT2D eigenvalue weighted by molar-refractivity contribution is -0.139. The maximum atomic E-state index is 12.4. The predicted octanol–water partition coefficient (Wildman–Crippen LogP) is 1.88. The Kier molecular flexibility index (Phi) is 4.41. The Bertz CT molecular complexity index is 696. The molecule has 1 saturated heterocycles. The van der Waals surface area contributed by atoms with Gasteiger partial charge in [-0.2, -0.15) is 5.10 Å². The quantitative estimate of drug-likeness (QED) is 0.914. The molecule has 1 atom stereocenters. The Hall–Kier alpha value is -2.63. The van der Waals surface area contributed by atoms with Crippen molar-refractivity contribution in [1.29, 1.82) is 0 Å². The van der Waals surface area contributed by atoms with E-state index in [4.69, 9.17) is 5.11 Å². The number of hydrogen-bond donors (Lipinski definition) is 1. The van der Waals surface area contributed by atoms with Crippen LogP contribution in [0.25, 0.3) is 5.69 Å². The number of likely N-dealkylation sites (tertiary alicyclic amines) is 1. The molecule has 120 valence electrons. The molecule has 1 aromatic carbocycles. The molecular weight excluding hydrogens is 294 g/mol. The molecule has 1 aromatic heterocycles. The minimum absolute atomic E-state index is 0.0228. The number of nitrogens with zero attached hydrogens (tertiary/aromatic N) is 3. The molecule has 1 unspecified atom stereocenters. The number of aliphatic carboxylic acids is 1. The SMILES string of the molecule is O=C(O)CC1CCCN1C(=O)Cc1cnn(-c2ccccc2)c1. The van der Waals surface area contributed by atoms with Crippen LogP contribution >= 0.6 is 0 Å². The van der Waals surface area contributed by atoms with E-state index in [1.165, 1.54) is 0 Å². The third-order valence-electron chi connectivity index (χ3n) is 4.12. The summed E-state index contributed by atoms with van der Waals surface area (Å²) in [6.07, 6.45) is 5.44. The van der Waals surface area contributed by atoms with Crippen LogP contribution in [0.15, 0.2) is 42.7 Å². The van der Waals surface area contributed by atoms with E-state index in [1.54, 1.807) is 15.8 Å². The van der Waals surface area contributed by atoms with Gasteiger partial charge in [0.1, 0.15) is 0 Å². The molecular formula is C17H19N3O3. The van der Waals surface area contributed by atoms with Crippen LogP contribution in [0, 0.1) is 0 Å². The van der Waals surface area contributed by atoms with Gasteiger partial charge in [0.15, 0.2) is 0 Å². The normalized spacial score (nSPS) is 17.4. The molecule has 1 aliphatic heterocycles. The summed E-state index contributed by atoms with van der Waals surface area (Å²) in [5, 5.41) is 13.2. The molecule has 0 aliphatic carbocycles. The van der Waals surface area contributed by atoms with Gasteiger partial charge in [-0.3, -0.25) is 9.59 Å².